The Morgan fingerprint density at radius 1 is 0.943 bits per heavy atom. The Balaban J connectivity index is 1.48. The highest BCUT2D eigenvalue weighted by atomic mass is 35.5. The maximum atomic E-state index is 10.9. The highest BCUT2D eigenvalue weighted by Crippen LogP contribution is 2.42. The fourth-order valence-corrected chi connectivity index (χ4v) is 5.37. The third-order valence-corrected chi connectivity index (χ3v) is 7.82. The molecule has 0 amide bonds. The van der Waals surface area contributed by atoms with Crippen molar-refractivity contribution in [2.45, 2.75) is 56.7 Å². The van der Waals surface area contributed by atoms with E-state index in [-0.39, 0.29) is 6.61 Å². The number of fused-ring (bicyclic) bond motifs is 5. The molecule has 0 radical (unpaired) electrons. The van der Waals surface area contributed by atoms with Gasteiger partial charge in [-0.2, -0.15) is 0 Å². The van der Waals surface area contributed by atoms with E-state index < -0.39 is 30.5 Å². The zero-order chi connectivity index (χ0) is 24.5. The van der Waals surface area contributed by atoms with E-state index >= 15 is 0 Å². The predicted octanol–water partition coefficient (Wildman–Crippen LogP) is 3.29. The molecule has 3 aliphatic rings. The van der Waals surface area contributed by atoms with Crippen LogP contribution in [0.4, 0.5) is 0 Å². The monoisotopic (exact) mass is 504 g/mol. The Labute approximate surface area is 210 Å². The summed E-state index contributed by atoms with van der Waals surface area (Å²) in [6, 6.07) is 11.5. The Bertz CT molecular complexity index is 1010. The molecule has 2 heterocycles. The SMILES string of the molecule is CCOc1ccc(Cc2cc3c(cc2Cl)OCC2CCC2COCC2OC3C(O)C(O)C2O)cc1. The van der Waals surface area contributed by atoms with E-state index in [1.165, 1.54) is 0 Å². The van der Waals surface area contributed by atoms with Gasteiger partial charge >= 0.3 is 0 Å². The number of benzene rings is 2. The smallest absolute Gasteiger partial charge is 0.126 e. The van der Waals surface area contributed by atoms with Gasteiger partial charge in [-0.3, -0.25) is 0 Å². The van der Waals surface area contributed by atoms with Crippen LogP contribution in [-0.4, -0.2) is 66.2 Å². The molecule has 2 bridgehead atoms. The lowest BCUT2D eigenvalue weighted by atomic mass is 9.74. The molecule has 35 heavy (non-hydrogen) atoms. The number of aliphatic hydroxyl groups excluding tert-OH is 3. The average molecular weight is 505 g/mol. The van der Waals surface area contributed by atoms with E-state index in [4.69, 9.17) is 30.5 Å². The van der Waals surface area contributed by atoms with Gasteiger partial charge in [0.15, 0.2) is 0 Å². The third kappa shape index (κ3) is 5.17. The highest BCUT2D eigenvalue weighted by Gasteiger charge is 2.46. The molecule has 7 unspecified atom stereocenters. The number of hydrogen-bond donors (Lipinski definition) is 3. The van der Waals surface area contributed by atoms with Crippen LogP contribution in [0, 0.1) is 11.8 Å². The van der Waals surface area contributed by atoms with Gasteiger partial charge in [0.25, 0.3) is 0 Å². The van der Waals surface area contributed by atoms with Crippen molar-refractivity contribution in [2.75, 3.05) is 26.4 Å². The van der Waals surface area contributed by atoms with E-state index in [0.29, 0.717) is 54.4 Å². The van der Waals surface area contributed by atoms with Crippen LogP contribution in [0.2, 0.25) is 5.02 Å². The topological polar surface area (TPSA) is 97.6 Å². The Hall–Kier alpha value is -1.87. The molecule has 2 fully saturated rings. The van der Waals surface area contributed by atoms with Crippen LogP contribution in [0.5, 0.6) is 11.5 Å². The van der Waals surface area contributed by atoms with Gasteiger partial charge in [0.05, 0.1) is 19.8 Å². The van der Waals surface area contributed by atoms with Gasteiger partial charge in [-0.25, -0.2) is 0 Å². The van der Waals surface area contributed by atoms with Crippen molar-refractivity contribution in [1.29, 1.82) is 0 Å². The molecule has 0 spiro atoms. The summed E-state index contributed by atoms with van der Waals surface area (Å²) < 4.78 is 23.7. The highest BCUT2D eigenvalue weighted by molar-refractivity contribution is 6.31. The van der Waals surface area contributed by atoms with Gasteiger partial charge < -0.3 is 34.3 Å². The quantitative estimate of drug-likeness (QED) is 0.587. The van der Waals surface area contributed by atoms with Gasteiger partial charge in [-0.15, -0.1) is 0 Å². The first kappa shape index (κ1) is 24.8. The molecule has 190 valence electrons. The summed E-state index contributed by atoms with van der Waals surface area (Å²) in [5.74, 6) is 2.11. The third-order valence-electron chi connectivity index (χ3n) is 7.47. The summed E-state index contributed by atoms with van der Waals surface area (Å²) in [6.07, 6.45) is -2.92. The molecule has 3 N–H and O–H groups in total. The number of hydrogen-bond acceptors (Lipinski definition) is 7. The van der Waals surface area contributed by atoms with Crippen LogP contribution >= 0.6 is 11.6 Å². The van der Waals surface area contributed by atoms with Crippen molar-refractivity contribution in [2.24, 2.45) is 11.8 Å². The first-order valence-corrected chi connectivity index (χ1v) is 12.8. The molecule has 2 aromatic carbocycles. The molecule has 1 aliphatic carbocycles. The fourth-order valence-electron chi connectivity index (χ4n) is 5.15. The minimum absolute atomic E-state index is 0.146. The van der Waals surface area contributed by atoms with Gasteiger partial charge in [-0.05, 0) is 73.4 Å². The Morgan fingerprint density at radius 3 is 2.40 bits per heavy atom. The first-order valence-electron chi connectivity index (χ1n) is 12.4. The molecular formula is C27H33ClO7. The van der Waals surface area contributed by atoms with Crippen molar-refractivity contribution in [3.05, 3.63) is 58.1 Å². The maximum absolute atomic E-state index is 10.9. The summed E-state index contributed by atoms with van der Waals surface area (Å²) in [6.45, 7) is 3.77. The second-order valence-corrected chi connectivity index (χ2v) is 10.2. The average Bonchev–Trinajstić information content (AvgIpc) is 2.83. The molecule has 0 aromatic heterocycles. The van der Waals surface area contributed by atoms with E-state index in [9.17, 15) is 15.3 Å². The van der Waals surface area contributed by atoms with Gasteiger partial charge in [0, 0.05) is 17.2 Å². The second kappa shape index (κ2) is 10.6. The molecule has 8 heteroatoms. The lowest BCUT2D eigenvalue weighted by molar-refractivity contribution is -0.237. The van der Waals surface area contributed by atoms with Gasteiger partial charge in [-0.1, -0.05) is 23.7 Å². The number of aliphatic hydroxyl groups is 3. The van der Waals surface area contributed by atoms with Crippen LogP contribution in [0.1, 0.15) is 42.6 Å². The predicted molar refractivity (Wildman–Crippen MR) is 130 cm³/mol. The standard InChI is InChI=1S/C27H33ClO7/c1-2-33-19-7-3-15(4-8-19)9-18-10-20-22(11-21(18)28)34-13-17-6-5-16(17)12-32-14-23-24(29)25(30)26(31)27(20)35-23/h3-4,7-8,10-11,16-17,23-27,29-31H,2,5-6,9,12-14H2,1H3. The molecule has 2 aliphatic heterocycles. The van der Waals surface area contributed by atoms with E-state index in [2.05, 4.69) is 0 Å². The molecule has 2 aromatic rings. The fraction of sp³-hybridized carbons (Fsp3) is 0.556. The summed E-state index contributed by atoms with van der Waals surface area (Å²) in [4.78, 5) is 0. The largest absolute Gasteiger partial charge is 0.494 e. The zero-order valence-corrected chi connectivity index (χ0v) is 20.6. The van der Waals surface area contributed by atoms with Crippen LogP contribution in [0.3, 0.4) is 0 Å². The summed E-state index contributed by atoms with van der Waals surface area (Å²) in [5, 5.41) is 32.5. The summed E-state index contributed by atoms with van der Waals surface area (Å²) in [5.41, 5.74) is 2.50. The summed E-state index contributed by atoms with van der Waals surface area (Å²) in [7, 11) is 0. The van der Waals surface area contributed by atoms with Crippen molar-refractivity contribution < 1.29 is 34.3 Å². The molecular weight excluding hydrogens is 472 g/mol. The van der Waals surface area contributed by atoms with Crippen molar-refractivity contribution in [3.63, 3.8) is 0 Å². The Kier molecular flexibility index (Phi) is 7.53. The minimum atomic E-state index is -1.38. The molecule has 5 rings (SSSR count). The summed E-state index contributed by atoms with van der Waals surface area (Å²) >= 11 is 6.70. The first-order chi connectivity index (χ1) is 16.9. The van der Waals surface area contributed by atoms with E-state index in [1.54, 1.807) is 6.07 Å². The second-order valence-electron chi connectivity index (χ2n) is 9.75. The molecule has 1 saturated carbocycles. The van der Waals surface area contributed by atoms with E-state index in [0.717, 1.165) is 29.7 Å². The molecule has 7 nitrogen and oxygen atoms in total. The van der Waals surface area contributed by atoms with Crippen molar-refractivity contribution >= 4 is 11.6 Å². The van der Waals surface area contributed by atoms with Crippen LogP contribution in [0.15, 0.2) is 36.4 Å². The van der Waals surface area contributed by atoms with Crippen LogP contribution in [0.25, 0.3) is 0 Å². The van der Waals surface area contributed by atoms with Gasteiger partial charge in [0.2, 0.25) is 0 Å². The van der Waals surface area contributed by atoms with Crippen molar-refractivity contribution in [1.82, 2.24) is 0 Å². The number of ether oxygens (including phenoxy) is 4. The minimum Gasteiger partial charge on any atom is -0.494 e. The lowest BCUT2D eigenvalue weighted by Crippen LogP contribution is -2.55. The molecule has 7 atom stereocenters. The van der Waals surface area contributed by atoms with Crippen molar-refractivity contribution in [3.8, 4) is 11.5 Å². The number of rotatable bonds is 4. The maximum Gasteiger partial charge on any atom is 0.126 e. The van der Waals surface area contributed by atoms with Gasteiger partial charge in [0.1, 0.15) is 42.0 Å². The normalized spacial score (nSPS) is 32.7. The number of halogens is 1. The molecule has 1 saturated heterocycles. The Morgan fingerprint density at radius 2 is 1.69 bits per heavy atom. The van der Waals surface area contributed by atoms with Crippen LogP contribution in [-0.2, 0) is 15.9 Å². The lowest BCUT2D eigenvalue weighted by Gasteiger charge is -2.43. The van der Waals surface area contributed by atoms with E-state index in [1.807, 2.05) is 37.3 Å². The van der Waals surface area contributed by atoms with Crippen LogP contribution < -0.4 is 9.47 Å². The zero-order valence-electron chi connectivity index (χ0n) is 19.8.